The Bertz CT molecular complexity index is 868. The molecule has 168 valence electrons. The summed E-state index contributed by atoms with van der Waals surface area (Å²) in [5.41, 5.74) is 2.08. The van der Waals surface area contributed by atoms with Crippen molar-refractivity contribution in [3.8, 4) is 11.5 Å². The zero-order chi connectivity index (χ0) is 22.8. The summed E-state index contributed by atoms with van der Waals surface area (Å²) in [6, 6.07) is 14.6. The number of nitrogens with zero attached hydrogens (tertiary/aromatic N) is 1. The van der Waals surface area contributed by atoms with Crippen molar-refractivity contribution in [1.29, 1.82) is 0 Å². The Morgan fingerprint density at radius 2 is 1.74 bits per heavy atom. The molecule has 6 heteroatoms. The number of nitrogens with one attached hydrogen (secondary N) is 1. The molecule has 0 saturated carbocycles. The van der Waals surface area contributed by atoms with E-state index in [0.29, 0.717) is 24.5 Å². The van der Waals surface area contributed by atoms with Crippen LogP contribution < -0.4 is 14.8 Å². The van der Waals surface area contributed by atoms with Crippen LogP contribution in [0, 0.1) is 6.92 Å². The van der Waals surface area contributed by atoms with E-state index in [9.17, 15) is 9.59 Å². The molecule has 2 atom stereocenters. The minimum atomic E-state index is -0.580. The predicted octanol–water partition coefficient (Wildman–Crippen LogP) is 4.10. The number of rotatable bonds is 11. The van der Waals surface area contributed by atoms with Crippen LogP contribution in [0.2, 0.25) is 0 Å². The fraction of sp³-hybridized carbons (Fsp3) is 0.440. The lowest BCUT2D eigenvalue weighted by atomic mass is 10.1. The molecule has 0 aliphatic heterocycles. The van der Waals surface area contributed by atoms with Crippen molar-refractivity contribution in [2.75, 3.05) is 13.7 Å². The van der Waals surface area contributed by atoms with E-state index < -0.39 is 6.04 Å². The van der Waals surface area contributed by atoms with Gasteiger partial charge in [0, 0.05) is 12.6 Å². The van der Waals surface area contributed by atoms with Gasteiger partial charge in [-0.15, -0.1) is 0 Å². The van der Waals surface area contributed by atoms with Crippen molar-refractivity contribution in [3.63, 3.8) is 0 Å². The monoisotopic (exact) mass is 426 g/mol. The first kappa shape index (κ1) is 24.3. The third-order valence-corrected chi connectivity index (χ3v) is 5.24. The van der Waals surface area contributed by atoms with E-state index in [-0.39, 0.29) is 24.5 Å². The molecule has 0 bridgehead atoms. The quantitative estimate of drug-likeness (QED) is 0.587. The lowest BCUT2D eigenvalue weighted by Crippen LogP contribution is -2.51. The van der Waals surface area contributed by atoms with E-state index in [1.165, 1.54) is 0 Å². The van der Waals surface area contributed by atoms with E-state index in [1.54, 1.807) is 24.1 Å². The van der Waals surface area contributed by atoms with Gasteiger partial charge in [-0.2, -0.15) is 0 Å². The standard InChI is InChI=1S/C25H34N2O4/c1-6-19(4)26-25(29)21(7-2)27(16-20-12-10-11-18(3)15-20)24(28)17-31-23-14-9-8-13-22(23)30-5/h8-15,19,21H,6-7,16-17H2,1-5H3,(H,26,29)/t19-,21-/m1/s1. The molecule has 0 heterocycles. The van der Waals surface area contributed by atoms with Crippen molar-refractivity contribution < 1.29 is 19.1 Å². The fourth-order valence-corrected chi connectivity index (χ4v) is 3.33. The highest BCUT2D eigenvalue weighted by Crippen LogP contribution is 2.26. The van der Waals surface area contributed by atoms with Crippen LogP contribution in [0.3, 0.4) is 0 Å². The highest BCUT2D eigenvalue weighted by molar-refractivity contribution is 5.88. The molecule has 0 spiro atoms. The summed E-state index contributed by atoms with van der Waals surface area (Å²) in [7, 11) is 1.56. The first-order valence-corrected chi connectivity index (χ1v) is 10.8. The van der Waals surface area contributed by atoms with E-state index in [2.05, 4.69) is 5.32 Å². The van der Waals surface area contributed by atoms with Gasteiger partial charge in [-0.1, -0.05) is 55.8 Å². The maximum Gasteiger partial charge on any atom is 0.261 e. The molecule has 0 unspecified atom stereocenters. The van der Waals surface area contributed by atoms with Crippen LogP contribution in [0.1, 0.15) is 44.7 Å². The molecule has 2 aromatic carbocycles. The van der Waals surface area contributed by atoms with Crippen molar-refractivity contribution in [2.24, 2.45) is 0 Å². The second-order valence-corrected chi connectivity index (χ2v) is 7.69. The summed E-state index contributed by atoms with van der Waals surface area (Å²) in [5.74, 6) is 0.654. The van der Waals surface area contributed by atoms with E-state index in [0.717, 1.165) is 17.5 Å². The Balaban J connectivity index is 2.24. The molecule has 0 fully saturated rings. The van der Waals surface area contributed by atoms with Gasteiger partial charge in [0.25, 0.3) is 5.91 Å². The molecule has 2 rings (SSSR count). The van der Waals surface area contributed by atoms with Gasteiger partial charge in [0.05, 0.1) is 7.11 Å². The van der Waals surface area contributed by atoms with Gasteiger partial charge in [0.1, 0.15) is 6.04 Å². The number of hydrogen-bond acceptors (Lipinski definition) is 4. The molecule has 2 amide bonds. The van der Waals surface area contributed by atoms with Crippen molar-refractivity contribution in [1.82, 2.24) is 10.2 Å². The lowest BCUT2D eigenvalue weighted by Gasteiger charge is -2.31. The highest BCUT2D eigenvalue weighted by Gasteiger charge is 2.29. The molecule has 1 N–H and O–H groups in total. The van der Waals surface area contributed by atoms with Gasteiger partial charge in [-0.05, 0) is 44.4 Å². The van der Waals surface area contributed by atoms with Crippen LogP contribution in [0.15, 0.2) is 48.5 Å². The molecule has 0 saturated heterocycles. The smallest absolute Gasteiger partial charge is 0.261 e. The predicted molar refractivity (Wildman–Crippen MR) is 122 cm³/mol. The molecular formula is C25H34N2O4. The first-order chi connectivity index (χ1) is 14.9. The number of amides is 2. The zero-order valence-corrected chi connectivity index (χ0v) is 19.2. The summed E-state index contributed by atoms with van der Waals surface area (Å²) < 4.78 is 11.1. The molecule has 0 aliphatic rings. The lowest BCUT2D eigenvalue weighted by molar-refractivity contribution is -0.143. The highest BCUT2D eigenvalue weighted by atomic mass is 16.5. The van der Waals surface area contributed by atoms with Crippen molar-refractivity contribution in [2.45, 2.75) is 59.2 Å². The zero-order valence-electron chi connectivity index (χ0n) is 19.2. The molecule has 0 radical (unpaired) electrons. The molecule has 0 aromatic heterocycles. The van der Waals surface area contributed by atoms with Gasteiger partial charge in [-0.3, -0.25) is 9.59 Å². The minimum absolute atomic E-state index is 0.0438. The number of carbonyl (C=O) groups excluding carboxylic acids is 2. The fourth-order valence-electron chi connectivity index (χ4n) is 3.33. The maximum absolute atomic E-state index is 13.2. The minimum Gasteiger partial charge on any atom is -0.493 e. The Morgan fingerprint density at radius 1 is 1.03 bits per heavy atom. The number of methoxy groups -OCH3 is 1. The second kappa shape index (κ2) is 12.0. The van der Waals surface area contributed by atoms with Crippen LogP contribution in [0.5, 0.6) is 11.5 Å². The summed E-state index contributed by atoms with van der Waals surface area (Å²) in [4.78, 5) is 27.8. The maximum atomic E-state index is 13.2. The van der Waals surface area contributed by atoms with E-state index in [4.69, 9.17) is 9.47 Å². The number of hydrogen-bond donors (Lipinski definition) is 1. The third-order valence-electron chi connectivity index (χ3n) is 5.24. The number of para-hydroxylation sites is 2. The van der Waals surface area contributed by atoms with Gasteiger partial charge in [-0.25, -0.2) is 0 Å². The summed E-state index contributed by atoms with van der Waals surface area (Å²) in [6.45, 7) is 8.05. The molecule has 0 aliphatic carbocycles. The Labute approximate surface area is 185 Å². The largest absolute Gasteiger partial charge is 0.493 e. The number of benzene rings is 2. The van der Waals surface area contributed by atoms with Gasteiger partial charge >= 0.3 is 0 Å². The molecule has 31 heavy (non-hydrogen) atoms. The first-order valence-electron chi connectivity index (χ1n) is 10.8. The van der Waals surface area contributed by atoms with Gasteiger partial charge in [0.2, 0.25) is 5.91 Å². The molecule has 6 nitrogen and oxygen atoms in total. The van der Waals surface area contributed by atoms with Crippen molar-refractivity contribution >= 4 is 11.8 Å². The number of aryl methyl sites for hydroxylation is 1. The van der Waals surface area contributed by atoms with E-state index in [1.807, 2.05) is 64.1 Å². The van der Waals surface area contributed by atoms with Crippen LogP contribution in [-0.2, 0) is 16.1 Å². The average Bonchev–Trinajstić information content (AvgIpc) is 2.77. The van der Waals surface area contributed by atoms with E-state index >= 15 is 0 Å². The summed E-state index contributed by atoms with van der Waals surface area (Å²) in [6.07, 6.45) is 1.33. The van der Waals surface area contributed by atoms with Crippen LogP contribution in [-0.4, -0.2) is 42.5 Å². The summed E-state index contributed by atoms with van der Waals surface area (Å²) >= 11 is 0. The SMILES string of the molecule is CC[C@@H](C)NC(=O)[C@@H](CC)N(Cc1cccc(C)c1)C(=O)COc1ccccc1OC. The van der Waals surface area contributed by atoms with Crippen LogP contribution in [0.25, 0.3) is 0 Å². The molecule has 2 aromatic rings. The summed E-state index contributed by atoms with van der Waals surface area (Å²) in [5, 5.41) is 3.01. The normalized spacial score (nSPS) is 12.5. The topological polar surface area (TPSA) is 67.9 Å². The van der Waals surface area contributed by atoms with Gasteiger partial charge < -0.3 is 19.7 Å². The Kier molecular flexibility index (Phi) is 9.38. The number of carbonyl (C=O) groups is 2. The average molecular weight is 427 g/mol. The number of ether oxygens (including phenoxy) is 2. The third kappa shape index (κ3) is 7.02. The van der Waals surface area contributed by atoms with Gasteiger partial charge in [0.15, 0.2) is 18.1 Å². The van der Waals surface area contributed by atoms with Crippen molar-refractivity contribution in [3.05, 3.63) is 59.7 Å². The second-order valence-electron chi connectivity index (χ2n) is 7.69. The van der Waals surface area contributed by atoms with Crippen LogP contribution >= 0.6 is 0 Å². The van der Waals surface area contributed by atoms with Crippen LogP contribution in [0.4, 0.5) is 0 Å². The molecular weight excluding hydrogens is 392 g/mol. The Hall–Kier alpha value is -3.02. The Morgan fingerprint density at radius 3 is 2.35 bits per heavy atom.